The zero-order chi connectivity index (χ0) is 18.9. The van der Waals surface area contributed by atoms with Crippen LogP contribution >= 0.6 is 15.9 Å². The lowest BCUT2D eigenvalue weighted by Gasteiger charge is -2.19. The van der Waals surface area contributed by atoms with Crippen LogP contribution in [0.25, 0.3) is 0 Å². The summed E-state index contributed by atoms with van der Waals surface area (Å²) >= 11 is 3.42. The molecule has 0 bridgehead atoms. The third-order valence-electron chi connectivity index (χ3n) is 3.31. The van der Waals surface area contributed by atoms with Gasteiger partial charge in [-0.25, -0.2) is 9.59 Å². The Hall–Kier alpha value is -1.50. The predicted octanol–water partition coefficient (Wildman–Crippen LogP) is 4.97. The number of carbonyl (C=O) groups excluding carboxylic acids is 2. The predicted molar refractivity (Wildman–Crippen MR) is 103 cm³/mol. The van der Waals surface area contributed by atoms with Gasteiger partial charge in [-0.3, -0.25) is 5.32 Å². The van der Waals surface area contributed by atoms with Crippen LogP contribution in [-0.2, 0) is 16.0 Å². The molecule has 1 aromatic rings. The number of hydrogen-bond acceptors (Lipinski definition) is 4. The Balaban J connectivity index is 2.77. The molecule has 6 nitrogen and oxygen atoms in total. The zero-order valence-corrected chi connectivity index (χ0v) is 17.1. The number of ether oxygens (including phenoxy) is 2. The average molecular weight is 417 g/mol. The molecular formula is C18H29BrN2O4. The quantitative estimate of drug-likeness (QED) is 0.350. The van der Waals surface area contributed by atoms with Gasteiger partial charge in [-0.1, -0.05) is 28.8 Å². The van der Waals surface area contributed by atoms with E-state index >= 15 is 0 Å². The number of alkyl halides is 1. The highest BCUT2D eigenvalue weighted by molar-refractivity contribution is 9.09. The summed E-state index contributed by atoms with van der Waals surface area (Å²) in [5, 5.41) is 3.68. The summed E-state index contributed by atoms with van der Waals surface area (Å²) in [4.78, 5) is 24.0. The molecule has 1 N–H and O–H groups in total. The van der Waals surface area contributed by atoms with Crippen LogP contribution in [0.2, 0.25) is 0 Å². The second-order valence-electron chi connectivity index (χ2n) is 6.76. The first-order valence-electron chi connectivity index (χ1n) is 8.70. The number of amides is 1. The third kappa shape index (κ3) is 8.43. The van der Waals surface area contributed by atoms with Gasteiger partial charge in [0.1, 0.15) is 11.3 Å². The molecule has 1 amide bonds. The van der Waals surface area contributed by atoms with Gasteiger partial charge in [0.15, 0.2) is 0 Å². The van der Waals surface area contributed by atoms with Gasteiger partial charge in [0.25, 0.3) is 0 Å². The van der Waals surface area contributed by atoms with Crippen molar-refractivity contribution >= 4 is 33.7 Å². The Morgan fingerprint density at radius 3 is 2.48 bits per heavy atom. The largest absolute Gasteiger partial charge is 0.461 e. The van der Waals surface area contributed by atoms with Gasteiger partial charge < -0.3 is 14.0 Å². The first-order chi connectivity index (χ1) is 11.8. The molecule has 25 heavy (non-hydrogen) atoms. The molecule has 0 aromatic carbocycles. The molecule has 0 fully saturated rings. The first-order valence-corrected chi connectivity index (χ1v) is 9.82. The molecule has 0 spiro atoms. The van der Waals surface area contributed by atoms with Crippen LogP contribution in [0.5, 0.6) is 0 Å². The highest BCUT2D eigenvalue weighted by Gasteiger charge is 2.19. The Labute approximate surface area is 158 Å². The number of esters is 1. The minimum absolute atomic E-state index is 0.310. The zero-order valence-electron chi connectivity index (χ0n) is 15.6. The number of nitrogens with one attached hydrogen (secondary N) is 1. The van der Waals surface area contributed by atoms with Crippen molar-refractivity contribution in [2.45, 2.75) is 65.5 Å². The lowest BCUT2D eigenvalue weighted by atomic mass is 10.2. The number of anilines is 1. The van der Waals surface area contributed by atoms with Crippen molar-refractivity contribution in [1.29, 1.82) is 0 Å². The standard InChI is InChI=1S/C18H29BrN2O4/c1-5-24-16(22)15-12-14(20-17(23)25-18(2,3)4)13-21(15)11-9-7-6-8-10-19/h12-13H,5-11H2,1-4H3,(H,20,23). The Bertz CT molecular complexity index is 564. The number of aryl methyl sites for hydroxylation is 1. The molecule has 0 aliphatic carbocycles. The van der Waals surface area contributed by atoms with Crippen molar-refractivity contribution < 1.29 is 19.1 Å². The van der Waals surface area contributed by atoms with Crippen LogP contribution in [-0.4, -0.2) is 34.2 Å². The van der Waals surface area contributed by atoms with E-state index < -0.39 is 11.7 Å². The maximum Gasteiger partial charge on any atom is 0.412 e. The summed E-state index contributed by atoms with van der Waals surface area (Å²) in [6, 6.07) is 1.63. The van der Waals surface area contributed by atoms with E-state index in [2.05, 4.69) is 21.2 Å². The molecular weight excluding hydrogens is 388 g/mol. The van der Waals surface area contributed by atoms with E-state index in [-0.39, 0.29) is 5.97 Å². The van der Waals surface area contributed by atoms with Crippen LogP contribution < -0.4 is 5.32 Å². The fourth-order valence-electron chi connectivity index (χ4n) is 2.29. The van der Waals surface area contributed by atoms with E-state index in [9.17, 15) is 9.59 Å². The summed E-state index contributed by atoms with van der Waals surface area (Å²) in [6.45, 7) is 8.18. The Kier molecular flexibility index (Phi) is 9.03. The summed E-state index contributed by atoms with van der Waals surface area (Å²) in [7, 11) is 0. The maximum absolute atomic E-state index is 12.1. The molecule has 1 heterocycles. The lowest BCUT2D eigenvalue weighted by molar-refractivity contribution is 0.0512. The minimum atomic E-state index is -0.577. The van der Waals surface area contributed by atoms with Gasteiger partial charge in [0.2, 0.25) is 0 Å². The fourth-order valence-corrected chi connectivity index (χ4v) is 2.69. The molecule has 0 unspecified atom stereocenters. The number of halogens is 1. The summed E-state index contributed by atoms with van der Waals surface area (Å²) in [6.07, 6.45) is 5.53. The highest BCUT2D eigenvalue weighted by atomic mass is 79.9. The lowest BCUT2D eigenvalue weighted by Crippen LogP contribution is -2.27. The monoisotopic (exact) mass is 416 g/mol. The second-order valence-corrected chi connectivity index (χ2v) is 7.55. The molecule has 0 saturated heterocycles. The number of aromatic nitrogens is 1. The van der Waals surface area contributed by atoms with Crippen molar-refractivity contribution in [3.05, 3.63) is 18.0 Å². The second kappa shape index (κ2) is 10.5. The summed E-state index contributed by atoms with van der Waals surface area (Å²) in [5.74, 6) is -0.389. The average Bonchev–Trinajstić information content (AvgIpc) is 2.88. The molecule has 0 saturated carbocycles. The minimum Gasteiger partial charge on any atom is -0.461 e. The number of hydrogen-bond donors (Lipinski definition) is 1. The summed E-state index contributed by atoms with van der Waals surface area (Å²) < 4.78 is 12.2. The molecule has 1 aromatic heterocycles. The molecule has 7 heteroatoms. The number of rotatable bonds is 9. The maximum atomic E-state index is 12.1. The van der Waals surface area contributed by atoms with Crippen LogP contribution in [0.4, 0.5) is 10.5 Å². The van der Waals surface area contributed by atoms with E-state index in [1.54, 1.807) is 40.0 Å². The van der Waals surface area contributed by atoms with Crippen LogP contribution in [0, 0.1) is 0 Å². The van der Waals surface area contributed by atoms with Crippen LogP contribution in [0.15, 0.2) is 12.3 Å². The third-order valence-corrected chi connectivity index (χ3v) is 3.87. The van der Waals surface area contributed by atoms with E-state index in [4.69, 9.17) is 9.47 Å². The molecule has 0 atom stereocenters. The van der Waals surface area contributed by atoms with Crippen molar-refractivity contribution in [2.75, 3.05) is 17.3 Å². The van der Waals surface area contributed by atoms with E-state index in [0.717, 1.165) is 31.0 Å². The normalized spacial score (nSPS) is 11.2. The van der Waals surface area contributed by atoms with Gasteiger partial charge in [0, 0.05) is 18.1 Å². The van der Waals surface area contributed by atoms with E-state index in [1.165, 1.54) is 0 Å². The Morgan fingerprint density at radius 1 is 1.20 bits per heavy atom. The number of unbranched alkanes of at least 4 members (excludes halogenated alkanes) is 3. The van der Waals surface area contributed by atoms with Gasteiger partial charge in [-0.2, -0.15) is 0 Å². The molecule has 1 rings (SSSR count). The smallest absolute Gasteiger partial charge is 0.412 e. The molecule has 0 aliphatic heterocycles. The van der Waals surface area contributed by atoms with Gasteiger partial charge in [-0.15, -0.1) is 0 Å². The molecule has 0 radical (unpaired) electrons. The van der Waals surface area contributed by atoms with Crippen LogP contribution in [0.1, 0.15) is 63.9 Å². The van der Waals surface area contributed by atoms with Gasteiger partial charge >= 0.3 is 12.1 Å². The fraction of sp³-hybridized carbons (Fsp3) is 0.667. The van der Waals surface area contributed by atoms with Crippen LogP contribution in [0.3, 0.4) is 0 Å². The van der Waals surface area contributed by atoms with Gasteiger partial charge in [-0.05, 0) is 46.6 Å². The number of nitrogens with zero attached hydrogens (tertiary/aromatic N) is 1. The van der Waals surface area contributed by atoms with Crippen molar-refractivity contribution in [3.63, 3.8) is 0 Å². The van der Waals surface area contributed by atoms with Crippen molar-refractivity contribution in [1.82, 2.24) is 4.57 Å². The topological polar surface area (TPSA) is 69.6 Å². The van der Waals surface area contributed by atoms with E-state index in [1.807, 2.05) is 4.57 Å². The van der Waals surface area contributed by atoms with E-state index in [0.29, 0.717) is 24.5 Å². The Morgan fingerprint density at radius 2 is 1.88 bits per heavy atom. The van der Waals surface area contributed by atoms with Crippen molar-refractivity contribution in [2.24, 2.45) is 0 Å². The first kappa shape index (κ1) is 21.5. The highest BCUT2D eigenvalue weighted by Crippen LogP contribution is 2.18. The summed E-state index contributed by atoms with van der Waals surface area (Å²) in [5.41, 5.74) is 0.387. The molecule has 0 aliphatic rings. The SMILES string of the molecule is CCOC(=O)c1cc(NC(=O)OC(C)(C)C)cn1CCCCCCBr. The van der Waals surface area contributed by atoms with Crippen molar-refractivity contribution in [3.8, 4) is 0 Å². The number of carbonyl (C=O) groups is 2. The molecule has 142 valence electrons. The van der Waals surface area contributed by atoms with Gasteiger partial charge in [0.05, 0.1) is 12.3 Å².